The molecule has 2 aromatic heterocycles. The van der Waals surface area contributed by atoms with Gasteiger partial charge in [0.15, 0.2) is 5.82 Å². The molecule has 0 spiro atoms. The topological polar surface area (TPSA) is 49.3 Å². The highest BCUT2D eigenvalue weighted by Gasteiger charge is 2.24. The lowest BCUT2D eigenvalue weighted by molar-refractivity contribution is 0.0747. The van der Waals surface area contributed by atoms with Crippen molar-refractivity contribution in [1.82, 2.24) is 14.9 Å². The number of rotatable bonds is 1. The molecule has 0 fully saturated rings. The SMILES string of the molecule is Cc1ccc2c(n1)N(C)CCN(C(=O)c1ccncc1F)C2. The first-order chi connectivity index (χ1) is 10.6. The summed E-state index contributed by atoms with van der Waals surface area (Å²) in [4.78, 5) is 24.5. The van der Waals surface area contributed by atoms with Gasteiger partial charge < -0.3 is 9.80 Å². The summed E-state index contributed by atoms with van der Waals surface area (Å²) in [7, 11) is 1.95. The van der Waals surface area contributed by atoms with E-state index in [0.717, 1.165) is 23.3 Å². The van der Waals surface area contributed by atoms with E-state index < -0.39 is 5.82 Å². The van der Waals surface area contributed by atoms with E-state index >= 15 is 0 Å². The Hall–Kier alpha value is -2.50. The highest BCUT2D eigenvalue weighted by Crippen LogP contribution is 2.23. The molecule has 3 rings (SSSR count). The first kappa shape index (κ1) is 14.4. The third-order valence-corrected chi connectivity index (χ3v) is 3.81. The van der Waals surface area contributed by atoms with Crippen molar-refractivity contribution >= 4 is 11.7 Å². The van der Waals surface area contributed by atoms with Crippen molar-refractivity contribution in [3.8, 4) is 0 Å². The van der Waals surface area contributed by atoms with Gasteiger partial charge in [0, 0.05) is 44.1 Å². The minimum absolute atomic E-state index is 0.0566. The number of halogens is 1. The Bertz CT molecular complexity index is 719. The first-order valence-corrected chi connectivity index (χ1v) is 7.12. The number of aromatic nitrogens is 2. The molecule has 1 aliphatic rings. The smallest absolute Gasteiger partial charge is 0.257 e. The quantitative estimate of drug-likeness (QED) is 0.808. The number of hydrogen-bond acceptors (Lipinski definition) is 4. The largest absolute Gasteiger partial charge is 0.358 e. The van der Waals surface area contributed by atoms with Gasteiger partial charge in [0.05, 0.1) is 11.8 Å². The lowest BCUT2D eigenvalue weighted by Crippen LogP contribution is -2.34. The summed E-state index contributed by atoms with van der Waals surface area (Å²) in [6.07, 6.45) is 2.50. The summed E-state index contributed by atoms with van der Waals surface area (Å²) >= 11 is 0. The van der Waals surface area contributed by atoms with Gasteiger partial charge in [0.2, 0.25) is 0 Å². The van der Waals surface area contributed by atoms with Crippen LogP contribution >= 0.6 is 0 Å². The average Bonchev–Trinajstić information content (AvgIpc) is 2.67. The minimum atomic E-state index is -0.590. The number of nitrogens with zero attached hydrogens (tertiary/aromatic N) is 4. The van der Waals surface area contributed by atoms with Gasteiger partial charge >= 0.3 is 0 Å². The molecule has 0 saturated carbocycles. The lowest BCUT2D eigenvalue weighted by atomic mass is 10.2. The summed E-state index contributed by atoms with van der Waals surface area (Å²) in [6.45, 7) is 3.54. The summed E-state index contributed by atoms with van der Waals surface area (Å²) in [6, 6.07) is 5.32. The molecule has 3 heterocycles. The molecule has 0 saturated heterocycles. The van der Waals surface area contributed by atoms with E-state index in [1.54, 1.807) is 4.90 Å². The van der Waals surface area contributed by atoms with E-state index in [4.69, 9.17) is 0 Å². The number of carbonyl (C=O) groups excluding carboxylic acids is 1. The molecule has 2 aromatic rings. The fraction of sp³-hybridized carbons (Fsp3) is 0.312. The highest BCUT2D eigenvalue weighted by molar-refractivity contribution is 5.94. The molecule has 0 bridgehead atoms. The van der Waals surface area contributed by atoms with Crippen LogP contribution in [-0.4, -0.2) is 40.9 Å². The summed E-state index contributed by atoms with van der Waals surface area (Å²) in [5, 5.41) is 0. The Labute approximate surface area is 128 Å². The zero-order valence-electron chi connectivity index (χ0n) is 12.6. The van der Waals surface area contributed by atoms with Gasteiger partial charge in [-0.2, -0.15) is 0 Å². The van der Waals surface area contributed by atoms with Gasteiger partial charge in [-0.3, -0.25) is 9.78 Å². The van der Waals surface area contributed by atoms with Gasteiger partial charge in [0.25, 0.3) is 5.91 Å². The molecule has 0 unspecified atom stereocenters. The van der Waals surface area contributed by atoms with Gasteiger partial charge in [0.1, 0.15) is 5.82 Å². The summed E-state index contributed by atoms with van der Waals surface area (Å²) < 4.78 is 13.8. The Kier molecular flexibility index (Phi) is 3.75. The molecule has 1 amide bonds. The number of aryl methyl sites for hydroxylation is 1. The molecule has 22 heavy (non-hydrogen) atoms. The minimum Gasteiger partial charge on any atom is -0.358 e. The lowest BCUT2D eigenvalue weighted by Gasteiger charge is -2.21. The normalized spacial score (nSPS) is 14.5. The Balaban J connectivity index is 1.92. The number of likely N-dealkylation sites (N-methyl/N-ethyl adjacent to an activating group) is 1. The highest BCUT2D eigenvalue weighted by atomic mass is 19.1. The van der Waals surface area contributed by atoms with Crippen LogP contribution < -0.4 is 4.90 Å². The van der Waals surface area contributed by atoms with Crippen molar-refractivity contribution in [2.24, 2.45) is 0 Å². The van der Waals surface area contributed by atoms with E-state index in [9.17, 15) is 9.18 Å². The van der Waals surface area contributed by atoms with Crippen LogP contribution in [0.15, 0.2) is 30.6 Å². The second-order valence-electron chi connectivity index (χ2n) is 5.44. The van der Waals surface area contributed by atoms with Crippen LogP contribution in [-0.2, 0) is 6.54 Å². The van der Waals surface area contributed by atoms with E-state index in [2.05, 4.69) is 9.97 Å². The standard InChI is InChI=1S/C16H17FN4O/c1-11-3-4-12-10-21(8-7-20(2)15(12)19-11)16(22)13-5-6-18-9-14(13)17/h3-6,9H,7-8,10H2,1-2H3. The molecular formula is C16H17FN4O. The van der Waals surface area contributed by atoms with Crippen molar-refractivity contribution in [3.63, 3.8) is 0 Å². The van der Waals surface area contributed by atoms with Crippen LogP contribution in [0.2, 0.25) is 0 Å². The first-order valence-electron chi connectivity index (χ1n) is 7.12. The molecular weight excluding hydrogens is 283 g/mol. The number of amides is 1. The van der Waals surface area contributed by atoms with Crippen LogP contribution in [0.3, 0.4) is 0 Å². The van der Waals surface area contributed by atoms with Crippen LogP contribution in [0, 0.1) is 12.7 Å². The van der Waals surface area contributed by atoms with E-state index in [-0.39, 0.29) is 11.5 Å². The predicted molar refractivity (Wildman–Crippen MR) is 81.2 cm³/mol. The van der Waals surface area contributed by atoms with Gasteiger partial charge in [-0.1, -0.05) is 6.07 Å². The summed E-state index contributed by atoms with van der Waals surface area (Å²) in [5.41, 5.74) is 1.96. The van der Waals surface area contributed by atoms with Crippen molar-refractivity contribution < 1.29 is 9.18 Å². The molecule has 0 aliphatic carbocycles. The van der Waals surface area contributed by atoms with Gasteiger partial charge in [-0.05, 0) is 19.1 Å². The van der Waals surface area contributed by atoms with Crippen LogP contribution in [0.1, 0.15) is 21.6 Å². The van der Waals surface area contributed by atoms with Crippen LogP contribution in [0.5, 0.6) is 0 Å². The predicted octanol–water partition coefficient (Wildman–Crippen LogP) is 2.02. The average molecular weight is 300 g/mol. The van der Waals surface area contributed by atoms with Crippen LogP contribution in [0.25, 0.3) is 0 Å². The molecule has 0 aromatic carbocycles. The number of carbonyl (C=O) groups is 1. The molecule has 0 radical (unpaired) electrons. The maximum atomic E-state index is 13.8. The number of pyridine rings is 2. The maximum absolute atomic E-state index is 13.8. The second-order valence-corrected chi connectivity index (χ2v) is 5.44. The number of fused-ring (bicyclic) bond motifs is 1. The maximum Gasteiger partial charge on any atom is 0.257 e. The third kappa shape index (κ3) is 2.64. The zero-order valence-corrected chi connectivity index (χ0v) is 12.6. The van der Waals surface area contributed by atoms with Crippen molar-refractivity contribution in [3.05, 3.63) is 53.2 Å². The number of anilines is 1. The number of hydrogen-bond donors (Lipinski definition) is 0. The van der Waals surface area contributed by atoms with Gasteiger partial charge in [-0.25, -0.2) is 9.37 Å². The zero-order chi connectivity index (χ0) is 15.7. The molecule has 1 aliphatic heterocycles. The molecule has 6 heteroatoms. The van der Waals surface area contributed by atoms with E-state index in [0.29, 0.717) is 19.6 Å². The third-order valence-electron chi connectivity index (χ3n) is 3.81. The van der Waals surface area contributed by atoms with Gasteiger partial charge in [-0.15, -0.1) is 0 Å². The summed E-state index contributed by atoms with van der Waals surface area (Å²) in [5.74, 6) is -0.0282. The molecule has 5 nitrogen and oxygen atoms in total. The monoisotopic (exact) mass is 300 g/mol. The Morgan fingerprint density at radius 3 is 2.86 bits per heavy atom. The van der Waals surface area contributed by atoms with E-state index in [1.165, 1.54) is 12.3 Å². The van der Waals surface area contributed by atoms with E-state index in [1.807, 2.05) is 31.0 Å². The fourth-order valence-electron chi connectivity index (χ4n) is 2.58. The van der Waals surface area contributed by atoms with Crippen molar-refractivity contribution in [1.29, 1.82) is 0 Å². The second kappa shape index (κ2) is 5.71. The Morgan fingerprint density at radius 1 is 1.27 bits per heavy atom. The van der Waals surface area contributed by atoms with Crippen molar-refractivity contribution in [2.75, 3.05) is 25.0 Å². The molecule has 0 N–H and O–H groups in total. The molecule has 0 atom stereocenters. The van der Waals surface area contributed by atoms with Crippen LogP contribution in [0.4, 0.5) is 10.2 Å². The molecule has 114 valence electrons. The fourth-order valence-corrected chi connectivity index (χ4v) is 2.58. The Morgan fingerprint density at radius 2 is 2.09 bits per heavy atom. The van der Waals surface area contributed by atoms with Crippen molar-refractivity contribution in [2.45, 2.75) is 13.5 Å².